The van der Waals surface area contributed by atoms with Crippen molar-refractivity contribution >= 4 is 43.7 Å². The third kappa shape index (κ3) is 3.15. The normalized spacial score (nSPS) is 11.5. The molecule has 7 nitrogen and oxygen atoms in total. The van der Waals surface area contributed by atoms with Gasteiger partial charge < -0.3 is 0 Å². The number of carbonyl (C=O) groups excluding carboxylic acids is 1. The van der Waals surface area contributed by atoms with Crippen molar-refractivity contribution in [2.24, 2.45) is 5.14 Å². The Kier molecular flexibility index (Phi) is 3.67. The summed E-state index contributed by atoms with van der Waals surface area (Å²) in [5.41, 5.74) is 0.532. The molecule has 0 radical (unpaired) electrons. The summed E-state index contributed by atoms with van der Waals surface area (Å²) < 4.78 is 22.4. The van der Waals surface area contributed by atoms with Crippen LogP contribution in [-0.2, 0) is 10.0 Å². The van der Waals surface area contributed by atoms with Gasteiger partial charge in [-0.1, -0.05) is 11.3 Å². The maximum atomic E-state index is 11.8. The molecule has 102 valence electrons. The second-order valence-electron chi connectivity index (χ2n) is 3.64. The summed E-state index contributed by atoms with van der Waals surface area (Å²) in [6.45, 7) is 3.30. The highest BCUT2D eigenvalue weighted by Gasteiger charge is 2.19. The van der Waals surface area contributed by atoms with Gasteiger partial charge in [0.2, 0.25) is 10.0 Å². The molecule has 10 heteroatoms. The highest BCUT2D eigenvalue weighted by Crippen LogP contribution is 2.26. The van der Waals surface area contributed by atoms with E-state index in [0.29, 0.717) is 0 Å². The molecule has 0 saturated heterocycles. The Morgan fingerprint density at radius 1 is 1.37 bits per heavy atom. The SMILES string of the molecule is Cc1nc(C(=O)Nc2nc(C)c(S(N)(=O)=O)s2)cs1. The van der Waals surface area contributed by atoms with E-state index in [1.54, 1.807) is 12.3 Å². The molecule has 2 heterocycles. The van der Waals surface area contributed by atoms with Gasteiger partial charge in [-0.05, 0) is 13.8 Å². The van der Waals surface area contributed by atoms with Crippen molar-refractivity contribution in [2.45, 2.75) is 18.1 Å². The molecule has 0 unspecified atom stereocenters. The Labute approximate surface area is 117 Å². The number of aryl methyl sites for hydroxylation is 2. The number of nitrogens with zero attached hydrogens (tertiary/aromatic N) is 2. The summed E-state index contributed by atoms with van der Waals surface area (Å²) in [5, 5.41) is 10.1. The minimum Gasteiger partial charge on any atom is -0.296 e. The Balaban J connectivity index is 2.23. The van der Waals surface area contributed by atoms with Crippen LogP contribution in [0, 0.1) is 13.8 Å². The number of rotatable bonds is 3. The smallest absolute Gasteiger partial charge is 0.276 e. The number of hydrogen-bond acceptors (Lipinski definition) is 7. The molecule has 0 aliphatic carbocycles. The molecule has 0 fully saturated rings. The number of amides is 1. The maximum Gasteiger partial charge on any atom is 0.276 e. The van der Waals surface area contributed by atoms with Gasteiger partial charge >= 0.3 is 0 Å². The van der Waals surface area contributed by atoms with Crippen LogP contribution in [0.25, 0.3) is 0 Å². The number of aromatic nitrogens is 2. The molecule has 19 heavy (non-hydrogen) atoms. The Morgan fingerprint density at radius 3 is 2.53 bits per heavy atom. The van der Waals surface area contributed by atoms with E-state index in [2.05, 4.69) is 15.3 Å². The number of thiazole rings is 2. The van der Waals surface area contributed by atoms with E-state index in [1.165, 1.54) is 18.3 Å². The van der Waals surface area contributed by atoms with Gasteiger partial charge in [-0.3, -0.25) is 10.1 Å². The lowest BCUT2D eigenvalue weighted by molar-refractivity contribution is 0.102. The van der Waals surface area contributed by atoms with Gasteiger partial charge in [0.15, 0.2) is 9.34 Å². The van der Waals surface area contributed by atoms with Gasteiger partial charge in [0.05, 0.1) is 10.7 Å². The minimum atomic E-state index is -3.82. The summed E-state index contributed by atoms with van der Waals surface area (Å²) in [6, 6.07) is 0. The molecule has 2 rings (SSSR count). The summed E-state index contributed by atoms with van der Waals surface area (Å²) in [6.07, 6.45) is 0. The summed E-state index contributed by atoms with van der Waals surface area (Å²) >= 11 is 2.17. The summed E-state index contributed by atoms with van der Waals surface area (Å²) in [4.78, 5) is 19.8. The molecule has 1 amide bonds. The lowest BCUT2D eigenvalue weighted by atomic mass is 10.4. The first-order valence-corrected chi connectivity index (χ1v) is 8.25. The van der Waals surface area contributed by atoms with E-state index >= 15 is 0 Å². The molecule has 2 aromatic rings. The molecule has 0 spiro atoms. The molecule has 0 aliphatic rings. The molecule has 0 saturated carbocycles. The first kappa shape index (κ1) is 14.1. The van der Waals surface area contributed by atoms with Crippen molar-refractivity contribution in [2.75, 3.05) is 5.32 Å². The molecular formula is C9H10N4O3S3. The molecular weight excluding hydrogens is 308 g/mol. The van der Waals surface area contributed by atoms with Crippen LogP contribution in [-0.4, -0.2) is 24.3 Å². The van der Waals surface area contributed by atoms with Crippen molar-refractivity contribution < 1.29 is 13.2 Å². The molecule has 0 atom stereocenters. The van der Waals surface area contributed by atoms with E-state index < -0.39 is 15.9 Å². The number of nitrogens with two attached hydrogens (primary N) is 1. The van der Waals surface area contributed by atoms with Crippen LogP contribution in [0.4, 0.5) is 5.13 Å². The van der Waals surface area contributed by atoms with Crippen LogP contribution >= 0.6 is 22.7 Å². The van der Waals surface area contributed by atoms with Crippen LogP contribution in [0.1, 0.15) is 21.2 Å². The third-order valence-corrected chi connectivity index (χ3v) is 5.48. The van der Waals surface area contributed by atoms with Crippen molar-refractivity contribution in [3.63, 3.8) is 0 Å². The van der Waals surface area contributed by atoms with Gasteiger partial charge in [-0.2, -0.15) is 0 Å². The average molecular weight is 318 g/mol. The van der Waals surface area contributed by atoms with Crippen LogP contribution in [0.5, 0.6) is 0 Å². The van der Waals surface area contributed by atoms with E-state index in [4.69, 9.17) is 5.14 Å². The van der Waals surface area contributed by atoms with Gasteiger partial charge in [0.1, 0.15) is 5.69 Å². The van der Waals surface area contributed by atoms with Gasteiger partial charge in [0.25, 0.3) is 5.91 Å². The second kappa shape index (κ2) is 4.96. The second-order valence-corrected chi connectivity index (χ2v) is 7.46. The van der Waals surface area contributed by atoms with Crippen LogP contribution in [0.2, 0.25) is 0 Å². The number of sulfonamides is 1. The highest BCUT2D eigenvalue weighted by molar-refractivity contribution is 7.91. The van der Waals surface area contributed by atoms with Crippen molar-refractivity contribution in [1.29, 1.82) is 0 Å². The quantitative estimate of drug-likeness (QED) is 0.879. The Morgan fingerprint density at radius 2 is 2.05 bits per heavy atom. The molecule has 0 aliphatic heterocycles. The number of anilines is 1. The number of carbonyl (C=O) groups is 1. The fourth-order valence-corrected chi connectivity index (χ4v) is 3.78. The zero-order valence-electron chi connectivity index (χ0n) is 10.00. The van der Waals surface area contributed by atoms with Gasteiger partial charge in [0, 0.05) is 5.38 Å². The molecule has 3 N–H and O–H groups in total. The van der Waals surface area contributed by atoms with E-state index in [0.717, 1.165) is 16.3 Å². The maximum absolute atomic E-state index is 11.8. The van der Waals surface area contributed by atoms with Crippen molar-refractivity contribution in [3.05, 3.63) is 21.8 Å². The monoisotopic (exact) mass is 318 g/mol. The third-order valence-electron chi connectivity index (χ3n) is 2.08. The lowest BCUT2D eigenvalue weighted by Crippen LogP contribution is -2.12. The first-order chi connectivity index (χ1) is 8.77. The molecule has 2 aromatic heterocycles. The van der Waals surface area contributed by atoms with E-state index in [9.17, 15) is 13.2 Å². The first-order valence-electron chi connectivity index (χ1n) is 5.01. The van der Waals surface area contributed by atoms with Crippen molar-refractivity contribution in [3.8, 4) is 0 Å². The number of primary sulfonamides is 1. The number of nitrogens with one attached hydrogen (secondary N) is 1. The fourth-order valence-electron chi connectivity index (χ4n) is 1.33. The predicted molar refractivity (Wildman–Crippen MR) is 73.0 cm³/mol. The van der Waals surface area contributed by atoms with Gasteiger partial charge in [-0.15, -0.1) is 11.3 Å². The Bertz CT molecular complexity index is 732. The zero-order valence-corrected chi connectivity index (χ0v) is 12.4. The topological polar surface area (TPSA) is 115 Å². The zero-order chi connectivity index (χ0) is 14.2. The lowest BCUT2D eigenvalue weighted by Gasteiger charge is -1.96. The predicted octanol–water partition coefficient (Wildman–Crippen LogP) is 1.12. The molecule has 0 aromatic carbocycles. The number of hydrogen-bond donors (Lipinski definition) is 2. The standard InChI is InChI=1S/C9H10N4O3S3/c1-4-8(19(10,15)16)18-9(11-4)13-7(14)6-3-17-5(2)12-6/h3H,1-2H3,(H2,10,15,16)(H,11,13,14). The van der Waals surface area contributed by atoms with Crippen LogP contribution in [0.3, 0.4) is 0 Å². The largest absolute Gasteiger partial charge is 0.296 e. The van der Waals surface area contributed by atoms with Gasteiger partial charge in [-0.25, -0.2) is 23.5 Å². The summed E-state index contributed by atoms with van der Waals surface area (Å²) in [5.74, 6) is -0.431. The van der Waals surface area contributed by atoms with E-state index in [1.807, 2.05) is 0 Å². The minimum absolute atomic E-state index is 0.0581. The molecule has 0 bridgehead atoms. The van der Waals surface area contributed by atoms with Crippen LogP contribution < -0.4 is 10.5 Å². The Hall–Kier alpha value is -1.36. The fraction of sp³-hybridized carbons (Fsp3) is 0.222. The van der Waals surface area contributed by atoms with Crippen LogP contribution in [0.15, 0.2) is 9.59 Å². The van der Waals surface area contributed by atoms with E-state index in [-0.39, 0.29) is 20.7 Å². The summed E-state index contributed by atoms with van der Waals surface area (Å²) in [7, 11) is -3.82. The average Bonchev–Trinajstić information content (AvgIpc) is 2.84. The highest BCUT2D eigenvalue weighted by atomic mass is 32.2. The van der Waals surface area contributed by atoms with Crippen molar-refractivity contribution in [1.82, 2.24) is 9.97 Å².